The van der Waals surface area contributed by atoms with E-state index in [0.29, 0.717) is 28.6 Å². The minimum atomic E-state index is -1.00. The highest BCUT2D eigenvalue weighted by Crippen LogP contribution is 2.36. The molecule has 2 aromatic heterocycles. The third kappa shape index (κ3) is 6.27. The van der Waals surface area contributed by atoms with Gasteiger partial charge in [-0.2, -0.15) is 0 Å². The van der Waals surface area contributed by atoms with E-state index in [1.165, 1.54) is 4.57 Å². The molecular formula is C31H36N6O6. The molecule has 0 unspecified atom stereocenters. The van der Waals surface area contributed by atoms with Crippen molar-refractivity contribution in [1.82, 2.24) is 25.1 Å². The molecule has 0 bridgehead atoms. The summed E-state index contributed by atoms with van der Waals surface area (Å²) in [5.41, 5.74) is 6.38. The van der Waals surface area contributed by atoms with Crippen molar-refractivity contribution in [2.24, 2.45) is 5.92 Å². The lowest BCUT2D eigenvalue weighted by Gasteiger charge is -2.22. The fourth-order valence-electron chi connectivity index (χ4n) is 4.58. The fraction of sp³-hybridized carbons (Fsp3) is 0.355. The van der Waals surface area contributed by atoms with Gasteiger partial charge in [-0.25, -0.2) is 4.98 Å². The quantitative estimate of drug-likeness (QED) is 0.248. The molecule has 0 aliphatic carbocycles. The number of aryl methyl sites for hydroxylation is 1. The molecule has 0 radical (unpaired) electrons. The van der Waals surface area contributed by atoms with Crippen LogP contribution in [0.15, 0.2) is 57.7 Å². The average Bonchev–Trinajstić information content (AvgIpc) is 3.51. The second-order valence-corrected chi connectivity index (χ2v) is 11.0. The minimum absolute atomic E-state index is 0.0561. The summed E-state index contributed by atoms with van der Waals surface area (Å²) < 4.78 is 17.8. The Hall–Kier alpha value is -5.00. The van der Waals surface area contributed by atoms with E-state index < -0.39 is 35.3 Å². The Balaban J connectivity index is 1.58. The van der Waals surface area contributed by atoms with Crippen LogP contribution in [0.1, 0.15) is 55.5 Å². The highest BCUT2D eigenvalue weighted by Gasteiger charge is 2.35. The molecule has 12 nitrogen and oxygen atoms in total. The van der Waals surface area contributed by atoms with Gasteiger partial charge in [0.2, 0.25) is 17.6 Å². The number of nitrogens with zero attached hydrogens (tertiary/aromatic N) is 4. The number of nitrogen functional groups attached to an aromatic ring is 1. The third-order valence-corrected chi connectivity index (χ3v) is 7.27. The van der Waals surface area contributed by atoms with Gasteiger partial charge in [0.1, 0.15) is 18.1 Å². The number of rotatable bonds is 11. The van der Waals surface area contributed by atoms with E-state index in [1.807, 2.05) is 26.0 Å². The molecule has 0 aliphatic heterocycles. The van der Waals surface area contributed by atoms with Gasteiger partial charge in [0.15, 0.2) is 11.5 Å². The zero-order valence-corrected chi connectivity index (χ0v) is 25.3. The Bertz CT molecular complexity index is 1690. The number of aromatic nitrogens is 4. The van der Waals surface area contributed by atoms with Crippen LogP contribution >= 0.6 is 0 Å². The Kier molecular flexibility index (Phi) is 8.98. The van der Waals surface area contributed by atoms with Gasteiger partial charge in [-0.1, -0.05) is 50.2 Å². The van der Waals surface area contributed by atoms with Crippen molar-refractivity contribution in [3.05, 3.63) is 81.9 Å². The van der Waals surface area contributed by atoms with Crippen LogP contribution in [0.4, 0.5) is 5.69 Å². The predicted molar refractivity (Wildman–Crippen MR) is 160 cm³/mol. The van der Waals surface area contributed by atoms with Gasteiger partial charge < -0.3 is 24.9 Å². The zero-order valence-electron chi connectivity index (χ0n) is 25.3. The summed E-state index contributed by atoms with van der Waals surface area (Å²) in [7, 11) is 3.09. The van der Waals surface area contributed by atoms with Crippen molar-refractivity contribution >= 4 is 17.4 Å². The van der Waals surface area contributed by atoms with Crippen LogP contribution in [0.2, 0.25) is 0 Å². The van der Waals surface area contributed by atoms with Crippen LogP contribution in [-0.2, 0) is 16.8 Å². The molecule has 0 fully saturated rings. The summed E-state index contributed by atoms with van der Waals surface area (Å²) >= 11 is 0. The first-order valence-corrected chi connectivity index (χ1v) is 13.7. The van der Waals surface area contributed by atoms with E-state index in [1.54, 1.807) is 71.4 Å². The molecule has 0 saturated heterocycles. The molecule has 3 N–H and O–H groups in total. The van der Waals surface area contributed by atoms with Gasteiger partial charge in [0.05, 0.1) is 31.4 Å². The molecule has 12 heteroatoms. The summed E-state index contributed by atoms with van der Waals surface area (Å²) in [6.45, 7) is 8.54. The van der Waals surface area contributed by atoms with Gasteiger partial charge in [0, 0.05) is 5.56 Å². The van der Waals surface area contributed by atoms with Crippen LogP contribution in [0.25, 0.3) is 11.4 Å². The predicted octanol–water partition coefficient (Wildman–Crippen LogP) is 3.55. The largest absolute Gasteiger partial charge is 0.493 e. The summed E-state index contributed by atoms with van der Waals surface area (Å²) in [6, 6.07) is 13.4. The summed E-state index contributed by atoms with van der Waals surface area (Å²) in [5, 5.41) is 10.9. The maximum Gasteiger partial charge on any atom is 0.286 e. The number of carbonyl (C=O) groups excluding carboxylic acids is 2. The second kappa shape index (κ2) is 12.5. The van der Waals surface area contributed by atoms with Crippen LogP contribution in [0.5, 0.6) is 11.5 Å². The van der Waals surface area contributed by atoms with Crippen LogP contribution in [-0.4, -0.2) is 51.7 Å². The highest BCUT2D eigenvalue weighted by atomic mass is 16.5. The van der Waals surface area contributed by atoms with Crippen molar-refractivity contribution in [3.63, 3.8) is 0 Å². The van der Waals surface area contributed by atoms with Gasteiger partial charge in [0.25, 0.3) is 11.4 Å². The fourth-order valence-corrected chi connectivity index (χ4v) is 4.58. The molecule has 4 rings (SSSR count). The number of hydrogen-bond donors (Lipinski definition) is 2. The summed E-state index contributed by atoms with van der Waals surface area (Å²) in [5.74, 6) is -0.115. The van der Waals surface area contributed by atoms with E-state index in [0.717, 1.165) is 5.56 Å². The average molecular weight is 589 g/mol. The van der Waals surface area contributed by atoms with E-state index in [4.69, 9.17) is 19.6 Å². The van der Waals surface area contributed by atoms with Gasteiger partial charge in [-0.3, -0.25) is 19.0 Å². The lowest BCUT2D eigenvalue weighted by atomic mass is 9.84. The lowest BCUT2D eigenvalue weighted by Crippen LogP contribution is -2.46. The summed E-state index contributed by atoms with van der Waals surface area (Å²) in [4.78, 5) is 44.4. The number of ether oxygens (including phenoxy) is 2. The monoisotopic (exact) mass is 588 g/mol. The molecule has 1 atom stereocenters. The van der Waals surface area contributed by atoms with Gasteiger partial charge >= 0.3 is 0 Å². The number of ketones is 1. The topological polar surface area (TPSA) is 164 Å². The van der Waals surface area contributed by atoms with Crippen LogP contribution in [0.3, 0.4) is 0 Å². The standard InChI is InChI=1S/C31H36N6O6/c1-17(2)25(34-23(38)16-37-27(19-11-9-8-10-12-19)33-18(3)24(32)29(37)40)26(39)28-35-36-30(43-28)31(4,5)20-13-14-21(41-6)22(15-20)42-7/h8-15,17,25H,16,32H2,1-7H3,(H,34,38)/t25-/m0/s1. The molecule has 2 aromatic carbocycles. The number of hydrogen-bond acceptors (Lipinski definition) is 10. The zero-order chi connectivity index (χ0) is 31.5. The molecule has 43 heavy (non-hydrogen) atoms. The Morgan fingerprint density at radius 2 is 1.72 bits per heavy atom. The van der Waals surface area contributed by atoms with E-state index >= 15 is 0 Å². The van der Waals surface area contributed by atoms with Crippen molar-refractivity contribution in [2.45, 2.75) is 52.6 Å². The van der Waals surface area contributed by atoms with E-state index in [-0.39, 0.29) is 23.4 Å². The number of nitrogens with two attached hydrogens (primary N) is 1. The van der Waals surface area contributed by atoms with Crippen LogP contribution in [0, 0.1) is 12.8 Å². The highest BCUT2D eigenvalue weighted by molar-refractivity contribution is 5.98. The molecule has 226 valence electrons. The first-order chi connectivity index (χ1) is 20.4. The summed E-state index contributed by atoms with van der Waals surface area (Å²) in [6.07, 6.45) is 0. The number of anilines is 1. The number of benzene rings is 2. The van der Waals surface area contributed by atoms with Gasteiger partial charge in [-0.15, -0.1) is 10.2 Å². The number of methoxy groups -OCH3 is 2. The molecule has 2 heterocycles. The molecular weight excluding hydrogens is 552 g/mol. The van der Waals surface area contributed by atoms with Crippen molar-refractivity contribution in [2.75, 3.05) is 20.0 Å². The van der Waals surface area contributed by atoms with Crippen molar-refractivity contribution in [3.8, 4) is 22.9 Å². The van der Waals surface area contributed by atoms with Gasteiger partial charge in [-0.05, 0) is 44.4 Å². The maximum absolute atomic E-state index is 13.5. The minimum Gasteiger partial charge on any atom is -0.493 e. The Morgan fingerprint density at radius 3 is 2.35 bits per heavy atom. The lowest BCUT2D eigenvalue weighted by molar-refractivity contribution is -0.122. The first kappa shape index (κ1) is 30.9. The van der Waals surface area contributed by atoms with E-state index in [2.05, 4.69) is 20.5 Å². The molecule has 4 aromatic rings. The van der Waals surface area contributed by atoms with Crippen LogP contribution < -0.4 is 26.1 Å². The van der Waals surface area contributed by atoms with E-state index in [9.17, 15) is 14.4 Å². The molecule has 0 saturated carbocycles. The maximum atomic E-state index is 13.5. The second-order valence-electron chi connectivity index (χ2n) is 11.0. The molecule has 0 spiro atoms. The molecule has 0 aliphatic rings. The smallest absolute Gasteiger partial charge is 0.286 e. The number of carbonyl (C=O) groups is 2. The van der Waals surface area contributed by atoms with Crippen molar-refractivity contribution in [1.29, 1.82) is 0 Å². The first-order valence-electron chi connectivity index (χ1n) is 13.7. The third-order valence-electron chi connectivity index (χ3n) is 7.27. The van der Waals surface area contributed by atoms with Crippen molar-refractivity contribution < 1.29 is 23.5 Å². The Labute approximate surface area is 249 Å². The number of amides is 1. The SMILES string of the molecule is COc1ccc(C(C)(C)c2nnc(C(=O)[C@@H](NC(=O)Cn3c(-c4ccccc4)nc(C)c(N)c3=O)C(C)C)o2)cc1OC. The molecule has 1 amide bonds. The number of nitrogens with one attached hydrogen (secondary N) is 1. The number of Topliss-reactive ketones (excluding diaryl/α,β-unsaturated/α-hetero) is 1. The normalized spacial score (nSPS) is 12.2. The Morgan fingerprint density at radius 1 is 1.05 bits per heavy atom.